The Hall–Kier alpha value is -3.07. The Morgan fingerprint density at radius 3 is 2.81 bits per heavy atom. The molecular weight excluding hydrogens is 416 g/mol. The zero-order valence-electron chi connectivity index (χ0n) is 14.3. The number of aromatic nitrogens is 2. The summed E-state index contributed by atoms with van der Waals surface area (Å²) >= 11 is 3.34. The molecule has 0 saturated heterocycles. The van der Waals surface area contributed by atoms with Gasteiger partial charge in [0.15, 0.2) is 5.75 Å². The zero-order chi connectivity index (χ0) is 19.6. The van der Waals surface area contributed by atoms with Crippen molar-refractivity contribution in [2.75, 3.05) is 0 Å². The standard InChI is InChI=1S/C18H15BrN4O4/c1-2-3-17-21-14-6-5-12(19)9-13(14)18(25)22(17)20-10-11-4-7-16(24)15(8-11)23(26)27/h4-10,24H,2-3H2,1H3. The highest BCUT2D eigenvalue weighted by molar-refractivity contribution is 9.10. The molecule has 9 heteroatoms. The third kappa shape index (κ3) is 3.87. The summed E-state index contributed by atoms with van der Waals surface area (Å²) in [5.41, 5.74) is 0.205. The van der Waals surface area contributed by atoms with Crippen molar-refractivity contribution in [1.29, 1.82) is 0 Å². The number of phenolic OH excluding ortho intramolecular Hbond substituents is 1. The van der Waals surface area contributed by atoms with Gasteiger partial charge in [0, 0.05) is 22.5 Å². The quantitative estimate of drug-likeness (QED) is 0.377. The second-order valence-corrected chi connectivity index (χ2v) is 6.72. The Labute approximate surface area is 162 Å². The van der Waals surface area contributed by atoms with Crippen LogP contribution in [0.25, 0.3) is 10.9 Å². The van der Waals surface area contributed by atoms with Crippen molar-refractivity contribution < 1.29 is 10.0 Å². The van der Waals surface area contributed by atoms with Crippen LogP contribution in [0.3, 0.4) is 0 Å². The second-order valence-electron chi connectivity index (χ2n) is 5.81. The number of nitrogens with zero attached hydrogens (tertiary/aromatic N) is 4. The molecule has 0 radical (unpaired) electrons. The van der Waals surface area contributed by atoms with Crippen molar-refractivity contribution in [3.05, 3.63) is 72.7 Å². The number of phenols is 1. The lowest BCUT2D eigenvalue weighted by atomic mass is 10.2. The van der Waals surface area contributed by atoms with Crippen molar-refractivity contribution in [1.82, 2.24) is 9.66 Å². The molecule has 0 bridgehead atoms. The molecule has 3 rings (SSSR count). The van der Waals surface area contributed by atoms with Crippen LogP contribution in [0.2, 0.25) is 0 Å². The number of fused-ring (bicyclic) bond motifs is 1. The molecule has 2 aromatic carbocycles. The first-order valence-corrected chi connectivity index (χ1v) is 8.93. The number of rotatable bonds is 5. The average molecular weight is 431 g/mol. The van der Waals surface area contributed by atoms with Gasteiger partial charge < -0.3 is 5.11 Å². The van der Waals surface area contributed by atoms with Crippen LogP contribution in [0.5, 0.6) is 5.75 Å². The number of benzene rings is 2. The highest BCUT2D eigenvalue weighted by atomic mass is 79.9. The lowest BCUT2D eigenvalue weighted by Crippen LogP contribution is -2.22. The Morgan fingerprint density at radius 2 is 2.11 bits per heavy atom. The van der Waals surface area contributed by atoms with Crippen LogP contribution in [-0.2, 0) is 6.42 Å². The van der Waals surface area contributed by atoms with Crippen molar-refractivity contribution in [2.45, 2.75) is 19.8 Å². The Balaban J connectivity index is 2.13. The maximum Gasteiger partial charge on any atom is 0.311 e. The van der Waals surface area contributed by atoms with Gasteiger partial charge in [-0.15, -0.1) is 0 Å². The minimum absolute atomic E-state index is 0.325. The van der Waals surface area contributed by atoms with E-state index in [1.54, 1.807) is 12.1 Å². The van der Waals surface area contributed by atoms with E-state index >= 15 is 0 Å². The van der Waals surface area contributed by atoms with E-state index in [9.17, 15) is 20.0 Å². The van der Waals surface area contributed by atoms with Gasteiger partial charge in [-0.1, -0.05) is 22.9 Å². The van der Waals surface area contributed by atoms with Crippen molar-refractivity contribution in [2.24, 2.45) is 5.10 Å². The first-order valence-electron chi connectivity index (χ1n) is 8.13. The third-order valence-corrected chi connectivity index (χ3v) is 4.36. The molecule has 8 nitrogen and oxygen atoms in total. The predicted octanol–water partition coefficient (Wildman–Crippen LogP) is 3.61. The van der Waals surface area contributed by atoms with Gasteiger partial charge in [0.25, 0.3) is 5.56 Å². The van der Waals surface area contributed by atoms with Gasteiger partial charge in [0.1, 0.15) is 5.82 Å². The highest BCUT2D eigenvalue weighted by Crippen LogP contribution is 2.25. The fourth-order valence-corrected chi connectivity index (χ4v) is 2.95. The van der Waals surface area contributed by atoms with E-state index in [0.29, 0.717) is 28.7 Å². The number of hydrogen-bond donors (Lipinski definition) is 1. The summed E-state index contributed by atoms with van der Waals surface area (Å²) < 4.78 is 1.96. The molecule has 3 aromatic rings. The van der Waals surface area contributed by atoms with E-state index < -0.39 is 16.4 Å². The highest BCUT2D eigenvalue weighted by Gasteiger charge is 2.14. The Morgan fingerprint density at radius 1 is 1.33 bits per heavy atom. The van der Waals surface area contributed by atoms with Gasteiger partial charge >= 0.3 is 5.69 Å². The SMILES string of the molecule is CCCc1nc2ccc(Br)cc2c(=O)n1N=Cc1ccc(O)c([N+](=O)[O-])c1. The van der Waals surface area contributed by atoms with Crippen LogP contribution in [0.1, 0.15) is 24.7 Å². The lowest BCUT2D eigenvalue weighted by Gasteiger charge is -2.08. The van der Waals surface area contributed by atoms with Crippen molar-refractivity contribution in [3.8, 4) is 5.75 Å². The van der Waals surface area contributed by atoms with Crippen LogP contribution in [0, 0.1) is 10.1 Å². The molecule has 0 fully saturated rings. The molecule has 138 valence electrons. The smallest absolute Gasteiger partial charge is 0.311 e. The van der Waals surface area contributed by atoms with E-state index in [1.165, 1.54) is 29.1 Å². The van der Waals surface area contributed by atoms with Crippen LogP contribution in [-0.4, -0.2) is 25.9 Å². The van der Waals surface area contributed by atoms with E-state index in [4.69, 9.17) is 0 Å². The molecule has 0 amide bonds. The van der Waals surface area contributed by atoms with Crippen molar-refractivity contribution >= 4 is 38.7 Å². The number of nitro benzene ring substituents is 1. The molecule has 0 aliphatic heterocycles. The third-order valence-electron chi connectivity index (χ3n) is 3.87. The largest absolute Gasteiger partial charge is 0.502 e. The molecule has 0 aliphatic carbocycles. The number of aromatic hydroxyl groups is 1. The summed E-state index contributed by atoms with van der Waals surface area (Å²) in [5.74, 6) is 0.0695. The van der Waals surface area contributed by atoms with Gasteiger partial charge in [-0.2, -0.15) is 9.78 Å². The summed E-state index contributed by atoms with van der Waals surface area (Å²) in [7, 11) is 0. The molecule has 0 atom stereocenters. The van der Waals surface area contributed by atoms with E-state index in [0.717, 1.165) is 10.9 Å². The van der Waals surface area contributed by atoms with Crippen LogP contribution in [0.4, 0.5) is 5.69 Å². The van der Waals surface area contributed by atoms with Gasteiger partial charge in [-0.25, -0.2) is 4.98 Å². The average Bonchev–Trinajstić information content (AvgIpc) is 2.63. The second kappa shape index (κ2) is 7.67. The van der Waals surface area contributed by atoms with Crippen LogP contribution < -0.4 is 5.56 Å². The van der Waals surface area contributed by atoms with Gasteiger partial charge in [0.2, 0.25) is 0 Å². The number of aryl methyl sites for hydroxylation is 1. The molecule has 1 heterocycles. The zero-order valence-corrected chi connectivity index (χ0v) is 15.9. The van der Waals surface area contributed by atoms with Crippen molar-refractivity contribution in [3.63, 3.8) is 0 Å². The van der Waals surface area contributed by atoms with E-state index in [-0.39, 0.29) is 5.56 Å². The topological polar surface area (TPSA) is 111 Å². The van der Waals surface area contributed by atoms with E-state index in [1.807, 2.05) is 13.0 Å². The minimum atomic E-state index is -0.684. The molecular formula is C18H15BrN4O4. The van der Waals surface area contributed by atoms with Gasteiger partial charge in [-0.05, 0) is 36.8 Å². The lowest BCUT2D eigenvalue weighted by molar-refractivity contribution is -0.385. The van der Waals surface area contributed by atoms with Crippen LogP contribution in [0.15, 0.2) is 50.8 Å². The van der Waals surface area contributed by atoms with Gasteiger partial charge in [0.05, 0.1) is 22.0 Å². The number of nitro groups is 1. The first-order chi connectivity index (χ1) is 12.9. The van der Waals surface area contributed by atoms with E-state index in [2.05, 4.69) is 26.0 Å². The summed E-state index contributed by atoms with van der Waals surface area (Å²) in [6.07, 6.45) is 2.65. The molecule has 0 unspecified atom stereocenters. The minimum Gasteiger partial charge on any atom is -0.502 e. The summed E-state index contributed by atoms with van der Waals surface area (Å²) in [4.78, 5) is 27.7. The van der Waals surface area contributed by atoms with Gasteiger partial charge in [-0.3, -0.25) is 14.9 Å². The number of halogens is 1. The number of hydrogen-bond acceptors (Lipinski definition) is 6. The molecule has 0 aliphatic rings. The maximum absolute atomic E-state index is 12.9. The molecule has 1 N–H and O–H groups in total. The van der Waals surface area contributed by atoms with Crippen LogP contribution >= 0.6 is 15.9 Å². The summed E-state index contributed by atoms with van der Waals surface area (Å²) in [6.45, 7) is 1.97. The first kappa shape index (κ1) is 18.7. The molecule has 1 aromatic heterocycles. The normalized spacial score (nSPS) is 11.3. The fraction of sp³-hybridized carbons (Fsp3) is 0.167. The molecule has 0 saturated carbocycles. The summed E-state index contributed by atoms with van der Waals surface area (Å²) in [5, 5.41) is 25.1. The summed E-state index contributed by atoms with van der Waals surface area (Å²) in [6, 6.07) is 9.13. The Bertz CT molecular complexity index is 1120. The fourth-order valence-electron chi connectivity index (χ4n) is 2.59. The predicted molar refractivity (Wildman–Crippen MR) is 105 cm³/mol. The monoisotopic (exact) mass is 430 g/mol. The Kier molecular flexibility index (Phi) is 5.31. The maximum atomic E-state index is 12.9. The molecule has 27 heavy (non-hydrogen) atoms. The molecule has 0 spiro atoms.